The molecule has 0 bridgehead atoms. The number of fused-ring (bicyclic) bond motifs is 1. The van der Waals surface area contributed by atoms with E-state index in [4.69, 9.17) is 14.6 Å². The van der Waals surface area contributed by atoms with Crippen LogP contribution in [0.2, 0.25) is 0 Å². The number of nitrogens with one attached hydrogen (secondary N) is 1. The number of hydrogen-bond acceptors (Lipinski definition) is 4. The van der Waals surface area contributed by atoms with Crippen LogP contribution in [-0.4, -0.2) is 30.5 Å². The number of methoxy groups -OCH3 is 2. The summed E-state index contributed by atoms with van der Waals surface area (Å²) >= 11 is 0. The van der Waals surface area contributed by atoms with Crippen molar-refractivity contribution < 1.29 is 9.47 Å². The van der Waals surface area contributed by atoms with E-state index in [2.05, 4.69) is 37.4 Å². The van der Waals surface area contributed by atoms with Gasteiger partial charge in [0, 0.05) is 12.1 Å². The second-order valence-corrected chi connectivity index (χ2v) is 6.59. The van der Waals surface area contributed by atoms with Gasteiger partial charge < -0.3 is 14.8 Å². The molecule has 1 aliphatic rings. The molecule has 5 heteroatoms. The summed E-state index contributed by atoms with van der Waals surface area (Å²) < 4.78 is 13.2. The molecule has 0 saturated heterocycles. The van der Waals surface area contributed by atoms with Crippen molar-refractivity contribution in [1.82, 2.24) is 9.78 Å². The minimum Gasteiger partial charge on any atom is -0.496 e. The van der Waals surface area contributed by atoms with Crippen LogP contribution in [0.5, 0.6) is 11.5 Å². The lowest BCUT2D eigenvalue weighted by Gasteiger charge is -2.12. The molecule has 5 nitrogen and oxygen atoms in total. The van der Waals surface area contributed by atoms with E-state index in [1.807, 2.05) is 22.9 Å². The zero-order valence-electron chi connectivity index (χ0n) is 15.6. The van der Waals surface area contributed by atoms with E-state index in [0.29, 0.717) is 0 Å². The van der Waals surface area contributed by atoms with Gasteiger partial charge in [-0.15, -0.1) is 0 Å². The molecule has 0 aliphatic carbocycles. The van der Waals surface area contributed by atoms with Crippen molar-refractivity contribution >= 4 is 5.82 Å². The molecule has 2 aromatic carbocycles. The number of hydrogen-bond donors (Lipinski definition) is 1. The first-order valence-electron chi connectivity index (χ1n) is 8.78. The molecule has 3 aromatic rings. The van der Waals surface area contributed by atoms with Crippen LogP contribution in [-0.2, 0) is 6.42 Å². The molecule has 2 heterocycles. The highest BCUT2D eigenvalue weighted by molar-refractivity contribution is 5.81. The fraction of sp³-hybridized carbons (Fsp3) is 0.286. The number of nitrogens with zero attached hydrogens (tertiary/aromatic N) is 2. The van der Waals surface area contributed by atoms with Crippen molar-refractivity contribution in [3.05, 3.63) is 53.1 Å². The fourth-order valence-corrected chi connectivity index (χ4v) is 3.58. The summed E-state index contributed by atoms with van der Waals surface area (Å²) in [6, 6.07) is 12.3. The van der Waals surface area contributed by atoms with Crippen LogP contribution >= 0.6 is 0 Å². The maximum Gasteiger partial charge on any atom is 0.133 e. The third kappa shape index (κ3) is 2.51. The van der Waals surface area contributed by atoms with Gasteiger partial charge in [0.15, 0.2) is 0 Å². The molecule has 0 unspecified atom stereocenters. The minimum absolute atomic E-state index is 0.768. The van der Waals surface area contributed by atoms with Gasteiger partial charge >= 0.3 is 0 Å². The van der Waals surface area contributed by atoms with E-state index in [1.165, 1.54) is 16.7 Å². The molecule has 26 heavy (non-hydrogen) atoms. The predicted molar refractivity (Wildman–Crippen MR) is 104 cm³/mol. The Morgan fingerprint density at radius 2 is 1.77 bits per heavy atom. The standard InChI is InChI=1S/C21H23N3O2/c1-13-8-9-14(2)16(12-13)24-21-15(10-11-22-21)20(23-24)19-17(25-3)6-5-7-18(19)26-4/h5-9,12,22H,10-11H2,1-4H3. The smallest absolute Gasteiger partial charge is 0.133 e. The second kappa shape index (κ2) is 6.41. The maximum absolute atomic E-state index is 5.61. The van der Waals surface area contributed by atoms with Crippen molar-refractivity contribution in [3.63, 3.8) is 0 Å². The maximum atomic E-state index is 5.61. The average molecular weight is 349 g/mol. The molecular formula is C21H23N3O2. The lowest BCUT2D eigenvalue weighted by Crippen LogP contribution is -2.06. The van der Waals surface area contributed by atoms with Crippen LogP contribution in [0, 0.1) is 13.8 Å². The fourth-order valence-electron chi connectivity index (χ4n) is 3.58. The Bertz CT molecular complexity index is 953. The third-order valence-electron chi connectivity index (χ3n) is 4.91. The quantitative estimate of drug-likeness (QED) is 0.769. The molecule has 0 atom stereocenters. The molecule has 1 aliphatic heterocycles. The van der Waals surface area contributed by atoms with Crippen LogP contribution in [0.4, 0.5) is 5.82 Å². The van der Waals surface area contributed by atoms with Gasteiger partial charge in [-0.25, -0.2) is 4.68 Å². The lowest BCUT2D eigenvalue weighted by atomic mass is 10.0. The van der Waals surface area contributed by atoms with E-state index in [-0.39, 0.29) is 0 Å². The molecular weight excluding hydrogens is 326 g/mol. The summed E-state index contributed by atoms with van der Waals surface area (Å²) in [5.74, 6) is 2.59. The zero-order chi connectivity index (χ0) is 18.3. The number of ether oxygens (including phenoxy) is 2. The topological polar surface area (TPSA) is 48.3 Å². The zero-order valence-corrected chi connectivity index (χ0v) is 15.6. The monoisotopic (exact) mass is 349 g/mol. The Balaban J connectivity index is 1.98. The van der Waals surface area contributed by atoms with Crippen LogP contribution < -0.4 is 14.8 Å². The highest BCUT2D eigenvalue weighted by Gasteiger charge is 2.28. The van der Waals surface area contributed by atoms with Gasteiger partial charge in [-0.2, -0.15) is 5.10 Å². The minimum atomic E-state index is 0.768. The number of rotatable bonds is 4. The summed E-state index contributed by atoms with van der Waals surface area (Å²) in [4.78, 5) is 0. The Labute approximate surface area is 153 Å². The highest BCUT2D eigenvalue weighted by atomic mass is 16.5. The lowest BCUT2D eigenvalue weighted by molar-refractivity contribution is 0.397. The molecule has 1 N–H and O–H groups in total. The van der Waals surface area contributed by atoms with Gasteiger partial charge in [0.1, 0.15) is 23.0 Å². The van der Waals surface area contributed by atoms with Crippen LogP contribution in [0.15, 0.2) is 36.4 Å². The number of aryl methyl sites for hydroxylation is 2. The molecule has 0 radical (unpaired) electrons. The van der Waals surface area contributed by atoms with E-state index in [9.17, 15) is 0 Å². The first kappa shape index (κ1) is 16.5. The SMILES string of the molecule is COc1cccc(OC)c1-c1nn(-c2cc(C)ccc2C)c2c1CCN2. The van der Waals surface area contributed by atoms with Crippen molar-refractivity contribution in [1.29, 1.82) is 0 Å². The van der Waals surface area contributed by atoms with E-state index in [1.54, 1.807) is 14.2 Å². The Kier molecular flexibility index (Phi) is 4.07. The normalized spacial score (nSPS) is 12.6. The molecule has 0 saturated carbocycles. The van der Waals surface area contributed by atoms with E-state index >= 15 is 0 Å². The van der Waals surface area contributed by atoms with Crippen LogP contribution in [0.25, 0.3) is 16.9 Å². The Morgan fingerprint density at radius 3 is 2.46 bits per heavy atom. The first-order chi connectivity index (χ1) is 12.6. The summed E-state index contributed by atoms with van der Waals surface area (Å²) in [6.07, 6.45) is 0.927. The van der Waals surface area contributed by atoms with Gasteiger partial charge in [0.05, 0.1) is 25.5 Å². The van der Waals surface area contributed by atoms with Gasteiger partial charge in [-0.1, -0.05) is 18.2 Å². The van der Waals surface area contributed by atoms with Gasteiger partial charge in [-0.3, -0.25) is 0 Å². The van der Waals surface area contributed by atoms with E-state index in [0.717, 1.165) is 47.2 Å². The number of benzene rings is 2. The number of anilines is 1. The van der Waals surface area contributed by atoms with Crippen molar-refractivity contribution in [3.8, 4) is 28.4 Å². The number of aromatic nitrogens is 2. The largest absolute Gasteiger partial charge is 0.496 e. The molecule has 0 spiro atoms. The summed E-state index contributed by atoms with van der Waals surface area (Å²) in [5.41, 5.74) is 6.52. The van der Waals surface area contributed by atoms with Crippen molar-refractivity contribution in [2.45, 2.75) is 20.3 Å². The van der Waals surface area contributed by atoms with Crippen LogP contribution in [0.1, 0.15) is 16.7 Å². The molecule has 1 aromatic heterocycles. The van der Waals surface area contributed by atoms with Gasteiger partial charge in [-0.05, 0) is 49.6 Å². The molecule has 0 fully saturated rings. The summed E-state index contributed by atoms with van der Waals surface area (Å²) in [7, 11) is 3.36. The second-order valence-electron chi connectivity index (χ2n) is 6.59. The third-order valence-corrected chi connectivity index (χ3v) is 4.91. The molecule has 4 rings (SSSR count). The predicted octanol–water partition coefficient (Wildman–Crippen LogP) is 4.14. The Hall–Kier alpha value is -2.95. The summed E-state index contributed by atoms with van der Waals surface area (Å²) in [6.45, 7) is 5.12. The van der Waals surface area contributed by atoms with Gasteiger partial charge in [0.25, 0.3) is 0 Å². The highest BCUT2D eigenvalue weighted by Crippen LogP contribution is 2.43. The molecule has 134 valence electrons. The first-order valence-corrected chi connectivity index (χ1v) is 8.78. The van der Waals surface area contributed by atoms with Crippen molar-refractivity contribution in [2.75, 3.05) is 26.1 Å². The van der Waals surface area contributed by atoms with Crippen LogP contribution in [0.3, 0.4) is 0 Å². The molecule has 0 amide bonds. The van der Waals surface area contributed by atoms with E-state index < -0.39 is 0 Å². The van der Waals surface area contributed by atoms with Crippen molar-refractivity contribution in [2.24, 2.45) is 0 Å². The average Bonchev–Trinajstić information content (AvgIpc) is 3.26. The van der Waals surface area contributed by atoms with Gasteiger partial charge in [0.2, 0.25) is 0 Å². The Morgan fingerprint density at radius 1 is 1.04 bits per heavy atom. The summed E-state index contributed by atoms with van der Waals surface area (Å²) in [5, 5.41) is 8.48.